The molecule has 0 N–H and O–H groups in total. The van der Waals surface area contributed by atoms with Gasteiger partial charge in [-0.1, -0.05) is 206 Å². The Hall–Kier alpha value is -7.79. The van der Waals surface area contributed by atoms with Gasteiger partial charge in [-0.25, -0.2) is 15.0 Å². The predicted molar refractivity (Wildman–Crippen MR) is 257 cm³/mol. The topological polar surface area (TPSA) is 38.7 Å². The van der Waals surface area contributed by atoms with Crippen LogP contribution in [0.2, 0.25) is 0 Å². The summed E-state index contributed by atoms with van der Waals surface area (Å²) < 4.78 is 2.42. The molecule has 0 radical (unpaired) electrons. The lowest BCUT2D eigenvalue weighted by atomic mass is 9.67. The summed E-state index contributed by atoms with van der Waals surface area (Å²) in [6, 6.07) is 80.5. The third kappa shape index (κ3) is 5.83. The molecule has 0 amide bonds. The van der Waals surface area contributed by atoms with Crippen LogP contribution in [-0.4, -0.2) is 15.0 Å². The van der Waals surface area contributed by atoms with Crippen molar-refractivity contribution in [1.82, 2.24) is 15.0 Å². The van der Waals surface area contributed by atoms with Crippen molar-refractivity contribution in [2.75, 3.05) is 0 Å². The van der Waals surface area contributed by atoms with Crippen molar-refractivity contribution in [3.05, 3.63) is 247 Å². The van der Waals surface area contributed by atoms with Gasteiger partial charge in [-0.2, -0.15) is 0 Å². The summed E-state index contributed by atoms with van der Waals surface area (Å²) in [4.78, 5) is 15.8. The van der Waals surface area contributed by atoms with E-state index in [1.54, 1.807) is 0 Å². The van der Waals surface area contributed by atoms with Crippen molar-refractivity contribution >= 4 is 31.5 Å². The summed E-state index contributed by atoms with van der Waals surface area (Å²) in [5.41, 5.74) is 14.7. The van der Waals surface area contributed by atoms with Crippen LogP contribution in [0.4, 0.5) is 0 Å². The number of fused-ring (bicyclic) bond motifs is 6. The van der Waals surface area contributed by atoms with E-state index in [2.05, 4.69) is 212 Å². The Morgan fingerprint density at radius 2 is 0.806 bits per heavy atom. The third-order valence-electron chi connectivity index (χ3n) is 12.4. The summed E-state index contributed by atoms with van der Waals surface area (Å²) in [6.45, 7) is 0. The molecular formula is C58H37N3S. The lowest BCUT2D eigenvalue weighted by molar-refractivity contribution is 0.770. The predicted octanol–water partition coefficient (Wildman–Crippen LogP) is 14.9. The molecule has 0 fully saturated rings. The highest BCUT2D eigenvalue weighted by molar-refractivity contribution is 7.26. The van der Waals surface area contributed by atoms with Crippen LogP contribution >= 0.6 is 11.3 Å². The number of benzene rings is 9. The summed E-state index contributed by atoms with van der Waals surface area (Å²) in [5.74, 6) is 1.92. The molecule has 4 heteroatoms. The number of aromatic nitrogens is 3. The fourth-order valence-electron chi connectivity index (χ4n) is 9.62. The fraction of sp³-hybridized carbons (Fsp3) is 0.0172. The molecule has 0 saturated carbocycles. The van der Waals surface area contributed by atoms with Crippen molar-refractivity contribution in [3.63, 3.8) is 0 Å². The average molecular weight is 808 g/mol. The molecule has 0 unspecified atom stereocenters. The van der Waals surface area contributed by atoms with Gasteiger partial charge in [0.15, 0.2) is 17.5 Å². The third-order valence-corrected chi connectivity index (χ3v) is 13.6. The highest BCUT2D eigenvalue weighted by Crippen LogP contribution is 2.56. The van der Waals surface area contributed by atoms with E-state index in [9.17, 15) is 0 Å². The quantitative estimate of drug-likeness (QED) is 0.161. The molecule has 0 spiro atoms. The second-order valence-corrected chi connectivity index (χ2v) is 17.0. The number of hydrogen-bond donors (Lipinski definition) is 0. The van der Waals surface area contributed by atoms with E-state index in [1.807, 2.05) is 23.5 Å². The van der Waals surface area contributed by atoms with Crippen LogP contribution in [0, 0.1) is 0 Å². The van der Waals surface area contributed by atoms with Gasteiger partial charge in [0, 0.05) is 36.9 Å². The molecule has 3 nitrogen and oxygen atoms in total. The molecule has 12 rings (SSSR count). The molecule has 2 aromatic heterocycles. The highest BCUT2D eigenvalue weighted by Gasteiger charge is 2.46. The maximum Gasteiger partial charge on any atom is 0.164 e. The maximum absolute atomic E-state index is 5.30. The Kier molecular flexibility index (Phi) is 8.58. The zero-order valence-electron chi connectivity index (χ0n) is 33.6. The number of nitrogens with zero attached hydrogens (tertiary/aromatic N) is 3. The number of hydrogen-bond acceptors (Lipinski definition) is 4. The van der Waals surface area contributed by atoms with Crippen LogP contribution in [0.5, 0.6) is 0 Å². The SMILES string of the molecule is c1ccc(-c2ccc(-c3nc(-c4cccc(-c5ccccc5)c4)nc(-c4cccc5sc6cc(C7(c8ccccc8)c8ccccc8-c8ccccc87)ccc6c45)n3)cc2)cc1. The number of thiophene rings is 1. The Labute approximate surface area is 364 Å². The Balaban J connectivity index is 1.04. The van der Waals surface area contributed by atoms with Gasteiger partial charge in [-0.15, -0.1) is 11.3 Å². The zero-order chi connectivity index (χ0) is 41.0. The standard InChI is InChI=1S/C58H37N3S/c1-4-16-38(17-5-1)40-30-32-41(33-31-40)55-59-56(43-21-14-20-42(36-43)39-18-6-2-7-19-39)61-57(60-55)49-26-15-29-52-54(49)48-35-34-45(37-53(48)62-52)58(44-22-8-3-9-23-44)50-27-12-10-24-46(50)47-25-11-13-28-51(47)58/h1-37H. The Morgan fingerprint density at radius 3 is 1.50 bits per heavy atom. The zero-order valence-corrected chi connectivity index (χ0v) is 34.4. The van der Waals surface area contributed by atoms with Gasteiger partial charge in [0.2, 0.25) is 0 Å². The lowest BCUT2D eigenvalue weighted by Crippen LogP contribution is -2.28. The van der Waals surface area contributed by atoms with Gasteiger partial charge >= 0.3 is 0 Å². The molecule has 1 aliphatic rings. The first-order valence-electron chi connectivity index (χ1n) is 21.0. The summed E-state index contributed by atoms with van der Waals surface area (Å²) in [5, 5.41) is 2.34. The molecule has 0 bridgehead atoms. The number of rotatable bonds is 7. The van der Waals surface area contributed by atoms with E-state index >= 15 is 0 Å². The van der Waals surface area contributed by atoms with Gasteiger partial charge in [0.1, 0.15) is 0 Å². The minimum Gasteiger partial charge on any atom is -0.208 e. The van der Waals surface area contributed by atoms with Gasteiger partial charge in [0.05, 0.1) is 5.41 Å². The molecule has 0 atom stereocenters. The van der Waals surface area contributed by atoms with Crippen LogP contribution in [0.3, 0.4) is 0 Å². The summed E-state index contributed by atoms with van der Waals surface area (Å²) in [7, 11) is 0. The van der Waals surface area contributed by atoms with Crippen molar-refractivity contribution in [2.45, 2.75) is 5.41 Å². The Bertz CT molecular complexity index is 3400. The van der Waals surface area contributed by atoms with Crippen LogP contribution in [-0.2, 0) is 5.41 Å². The monoisotopic (exact) mass is 807 g/mol. The molecule has 290 valence electrons. The van der Waals surface area contributed by atoms with Crippen molar-refractivity contribution in [2.24, 2.45) is 0 Å². The van der Waals surface area contributed by atoms with E-state index < -0.39 is 5.41 Å². The van der Waals surface area contributed by atoms with Gasteiger partial charge in [0.25, 0.3) is 0 Å². The van der Waals surface area contributed by atoms with E-state index in [1.165, 1.54) is 53.7 Å². The smallest absolute Gasteiger partial charge is 0.164 e. The summed E-state index contributed by atoms with van der Waals surface area (Å²) in [6.07, 6.45) is 0. The molecule has 2 heterocycles. The van der Waals surface area contributed by atoms with Crippen LogP contribution in [0.25, 0.3) is 87.7 Å². The van der Waals surface area contributed by atoms with E-state index in [-0.39, 0.29) is 0 Å². The normalized spacial score (nSPS) is 12.6. The largest absolute Gasteiger partial charge is 0.208 e. The summed E-state index contributed by atoms with van der Waals surface area (Å²) >= 11 is 1.83. The Morgan fingerprint density at radius 1 is 0.306 bits per heavy atom. The first-order valence-corrected chi connectivity index (χ1v) is 21.8. The average Bonchev–Trinajstić information content (AvgIpc) is 3.88. The van der Waals surface area contributed by atoms with Crippen molar-refractivity contribution in [3.8, 4) is 67.5 Å². The van der Waals surface area contributed by atoms with E-state index in [0.29, 0.717) is 17.5 Å². The van der Waals surface area contributed by atoms with Crippen molar-refractivity contribution in [1.29, 1.82) is 0 Å². The molecule has 62 heavy (non-hydrogen) atoms. The first-order chi connectivity index (χ1) is 30.7. The molecule has 1 aliphatic carbocycles. The van der Waals surface area contributed by atoms with E-state index in [0.717, 1.165) is 38.8 Å². The lowest BCUT2D eigenvalue weighted by Gasteiger charge is -2.33. The maximum atomic E-state index is 5.30. The van der Waals surface area contributed by atoms with Crippen molar-refractivity contribution < 1.29 is 0 Å². The van der Waals surface area contributed by atoms with Gasteiger partial charge < -0.3 is 0 Å². The highest BCUT2D eigenvalue weighted by atomic mass is 32.1. The van der Waals surface area contributed by atoms with Gasteiger partial charge in [-0.05, 0) is 73.8 Å². The van der Waals surface area contributed by atoms with E-state index in [4.69, 9.17) is 15.0 Å². The van der Waals surface area contributed by atoms with Crippen LogP contribution < -0.4 is 0 Å². The van der Waals surface area contributed by atoms with Crippen LogP contribution in [0.1, 0.15) is 22.3 Å². The molecular weight excluding hydrogens is 771 g/mol. The second kappa shape index (κ2) is 14.7. The molecule has 9 aromatic carbocycles. The molecule has 0 aliphatic heterocycles. The first kappa shape index (κ1) is 36.1. The second-order valence-electron chi connectivity index (χ2n) is 15.9. The van der Waals surface area contributed by atoms with Crippen LogP contribution in [0.15, 0.2) is 224 Å². The molecule has 11 aromatic rings. The minimum absolute atomic E-state index is 0.468. The van der Waals surface area contributed by atoms with Gasteiger partial charge in [-0.3, -0.25) is 0 Å². The minimum atomic E-state index is -0.468. The fourth-order valence-corrected chi connectivity index (χ4v) is 10.8. The molecule has 0 saturated heterocycles.